The fourth-order valence-electron chi connectivity index (χ4n) is 3.53. The molecule has 2 heterocycles. The predicted molar refractivity (Wildman–Crippen MR) is 109 cm³/mol. The predicted octanol–water partition coefficient (Wildman–Crippen LogP) is 5.69. The Labute approximate surface area is 168 Å². The molecule has 1 saturated heterocycles. The maximum atomic E-state index is 12.9. The minimum atomic E-state index is 0.0194. The fourth-order valence-corrected chi connectivity index (χ4v) is 3.94. The number of benzene rings is 2. The Morgan fingerprint density at radius 1 is 1.07 bits per heavy atom. The highest BCUT2D eigenvalue weighted by Crippen LogP contribution is 2.32. The van der Waals surface area contributed by atoms with E-state index in [1.807, 2.05) is 53.6 Å². The van der Waals surface area contributed by atoms with Gasteiger partial charge in [-0.3, -0.25) is 9.78 Å². The van der Waals surface area contributed by atoms with Crippen LogP contribution in [0.1, 0.15) is 28.3 Å². The molecule has 3 aromatic rings. The topological polar surface area (TPSA) is 33.2 Å². The molecule has 1 aliphatic heterocycles. The van der Waals surface area contributed by atoms with Gasteiger partial charge in [-0.2, -0.15) is 0 Å². The van der Waals surface area contributed by atoms with Crippen LogP contribution in [0.2, 0.25) is 10.0 Å². The number of nitrogens with zero attached hydrogens (tertiary/aromatic N) is 2. The van der Waals surface area contributed by atoms with Crippen molar-refractivity contribution in [3.63, 3.8) is 0 Å². The Kier molecular flexibility index (Phi) is 5.15. The SMILES string of the molecule is O=C(c1ccc(-c2ccc(Cl)cc2)c(Cl)c1)N1CCC(c2cccnc2)C1. The first-order valence-electron chi connectivity index (χ1n) is 8.86. The summed E-state index contributed by atoms with van der Waals surface area (Å²) in [5.74, 6) is 0.359. The summed E-state index contributed by atoms with van der Waals surface area (Å²) in [7, 11) is 0. The second kappa shape index (κ2) is 7.71. The highest BCUT2D eigenvalue weighted by Gasteiger charge is 2.28. The summed E-state index contributed by atoms with van der Waals surface area (Å²) in [6, 6.07) is 17.0. The standard InChI is InChI=1S/C22H18Cl2N2O/c23-19-6-3-15(4-7-19)20-8-5-16(12-21(20)24)22(27)26-11-9-18(14-26)17-2-1-10-25-13-17/h1-8,10,12-13,18H,9,11,14H2. The van der Waals surface area contributed by atoms with Crippen LogP contribution in [0, 0.1) is 0 Å². The van der Waals surface area contributed by atoms with Crippen molar-refractivity contribution in [3.8, 4) is 11.1 Å². The van der Waals surface area contributed by atoms with Gasteiger partial charge in [-0.25, -0.2) is 0 Å². The minimum Gasteiger partial charge on any atom is -0.338 e. The second-order valence-electron chi connectivity index (χ2n) is 6.72. The lowest BCUT2D eigenvalue weighted by molar-refractivity contribution is 0.0791. The van der Waals surface area contributed by atoms with E-state index in [9.17, 15) is 4.79 Å². The van der Waals surface area contributed by atoms with Gasteiger partial charge in [0.05, 0.1) is 0 Å². The molecule has 2 aromatic carbocycles. The molecule has 1 atom stereocenters. The number of likely N-dealkylation sites (tertiary alicyclic amines) is 1. The van der Waals surface area contributed by atoms with Crippen molar-refractivity contribution in [3.05, 3.63) is 88.2 Å². The van der Waals surface area contributed by atoms with Gasteiger partial charge in [-0.15, -0.1) is 0 Å². The van der Waals surface area contributed by atoms with Gasteiger partial charge in [0.15, 0.2) is 0 Å². The maximum Gasteiger partial charge on any atom is 0.253 e. The Bertz CT molecular complexity index is 958. The molecule has 1 aromatic heterocycles. The highest BCUT2D eigenvalue weighted by atomic mass is 35.5. The summed E-state index contributed by atoms with van der Waals surface area (Å²) < 4.78 is 0. The second-order valence-corrected chi connectivity index (χ2v) is 7.57. The van der Waals surface area contributed by atoms with Crippen molar-refractivity contribution in [2.75, 3.05) is 13.1 Å². The third-order valence-electron chi connectivity index (χ3n) is 5.00. The molecule has 136 valence electrons. The molecule has 3 nitrogen and oxygen atoms in total. The monoisotopic (exact) mass is 396 g/mol. The smallest absolute Gasteiger partial charge is 0.253 e. The number of halogens is 2. The summed E-state index contributed by atoms with van der Waals surface area (Å²) in [4.78, 5) is 19.0. The minimum absolute atomic E-state index is 0.0194. The lowest BCUT2D eigenvalue weighted by atomic mass is 10.0. The molecular formula is C22H18Cl2N2O. The molecule has 0 N–H and O–H groups in total. The van der Waals surface area contributed by atoms with Gasteiger partial charge in [0.1, 0.15) is 0 Å². The van der Waals surface area contributed by atoms with Crippen LogP contribution < -0.4 is 0 Å². The van der Waals surface area contributed by atoms with Gasteiger partial charge < -0.3 is 4.90 Å². The van der Waals surface area contributed by atoms with E-state index in [1.54, 1.807) is 12.3 Å². The average molecular weight is 397 g/mol. The van der Waals surface area contributed by atoms with Crippen LogP contribution >= 0.6 is 23.2 Å². The highest BCUT2D eigenvalue weighted by molar-refractivity contribution is 6.34. The number of amides is 1. The Morgan fingerprint density at radius 3 is 2.59 bits per heavy atom. The zero-order valence-corrected chi connectivity index (χ0v) is 16.1. The largest absolute Gasteiger partial charge is 0.338 e. The molecule has 1 aliphatic rings. The van der Waals surface area contributed by atoms with Crippen LogP contribution in [0.15, 0.2) is 67.0 Å². The zero-order valence-electron chi connectivity index (χ0n) is 14.6. The summed E-state index contributed by atoms with van der Waals surface area (Å²) in [6.45, 7) is 1.45. The van der Waals surface area contributed by atoms with E-state index in [1.165, 1.54) is 5.56 Å². The van der Waals surface area contributed by atoms with E-state index in [0.717, 1.165) is 24.1 Å². The zero-order chi connectivity index (χ0) is 18.8. The first kappa shape index (κ1) is 18.0. The van der Waals surface area contributed by atoms with E-state index < -0.39 is 0 Å². The Balaban J connectivity index is 1.51. The van der Waals surface area contributed by atoms with Crippen LogP contribution in [0.25, 0.3) is 11.1 Å². The van der Waals surface area contributed by atoms with Crippen molar-refractivity contribution in [1.29, 1.82) is 0 Å². The number of pyridine rings is 1. The van der Waals surface area contributed by atoms with E-state index in [-0.39, 0.29) is 5.91 Å². The first-order valence-corrected chi connectivity index (χ1v) is 9.62. The molecule has 0 spiro atoms. The third-order valence-corrected chi connectivity index (χ3v) is 5.57. The summed E-state index contributed by atoms with van der Waals surface area (Å²) in [5, 5.41) is 1.24. The normalized spacial score (nSPS) is 16.5. The van der Waals surface area contributed by atoms with Gasteiger partial charge in [0.25, 0.3) is 5.91 Å². The van der Waals surface area contributed by atoms with Crippen molar-refractivity contribution in [1.82, 2.24) is 9.88 Å². The fraction of sp³-hybridized carbons (Fsp3) is 0.182. The van der Waals surface area contributed by atoms with Crippen LogP contribution in [0.3, 0.4) is 0 Å². The molecule has 0 saturated carbocycles. The van der Waals surface area contributed by atoms with Crippen molar-refractivity contribution in [2.45, 2.75) is 12.3 Å². The Morgan fingerprint density at radius 2 is 1.89 bits per heavy atom. The maximum absolute atomic E-state index is 12.9. The van der Waals surface area contributed by atoms with E-state index in [4.69, 9.17) is 23.2 Å². The summed E-state index contributed by atoms with van der Waals surface area (Å²) in [6.07, 6.45) is 4.61. The molecular weight excluding hydrogens is 379 g/mol. The van der Waals surface area contributed by atoms with Gasteiger partial charge >= 0.3 is 0 Å². The number of hydrogen-bond donors (Lipinski definition) is 0. The lowest BCUT2D eigenvalue weighted by Crippen LogP contribution is -2.28. The lowest BCUT2D eigenvalue weighted by Gasteiger charge is -2.17. The van der Waals surface area contributed by atoms with Gasteiger partial charge in [0.2, 0.25) is 0 Å². The van der Waals surface area contributed by atoms with Gasteiger partial charge in [-0.1, -0.05) is 47.5 Å². The van der Waals surface area contributed by atoms with Gasteiger partial charge in [0, 0.05) is 52.6 Å². The van der Waals surface area contributed by atoms with Crippen LogP contribution in [-0.2, 0) is 0 Å². The van der Waals surface area contributed by atoms with Crippen molar-refractivity contribution in [2.24, 2.45) is 0 Å². The van der Waals surface area contributed by atoms with Crippen molar-refractivity contribution >= 4 is 29.1 Å². The van der Waals surface area contributed by atoms with Crippen LogP contribution in [-0.4, -0.2) is 28.9 Å². The number of aromatic nitrogens is 1. The van der Waals surface area contributed by atoms with E-state index in [2.05, 4.69) is 11.1 Å². The summed E-state index contributed by atoms with van der Waals surface area (Å²) in [5.41, 5.74) is 3.66. The summed E-state index contributed by atoms with van der Waals surface area (Å²) >= 11 is 12.4. The van der Waals surface area contributed by atoms with Crippen LogP contribution in [0.5, 0.6) is 0 Å². The first-order chi connectivity index (χ1) is 13.1. The molecule has 0 bridgehead atoms. The molecule has 4 rings (SSSR count). The molecule has 0 aliphatic carbocycles. The van der Waals surface area contributed by atoms with Crippen LogP contribution in [0.4, 0.5) is 0 Å². The molecule has 1 amide bonds. The number of rotatable bonds is 3. The number of hydrogen-bond acceptors (Lipinski definition) is 2. The average Bonchev–Trinajstić information content (AvgIpc) is 3.19. The molecule has 1 unspecified atom stereocenters. The van der Waals surface area contributed by atoms with Gasteiger partial charge in [-0.05, 0) is 47.9 Å². The number of carbonyl (C=O) groups excluding carboxylic acids is 1. The molecule has 27 heavy (non-hydrogen) atoms. The van der Waals surface area contributed by atoms with E-state index in [0.29, 0.717) is 28.1 Å². The molecule has 5 heteroatoms. The molecule has 1 fully saturated rings. The quantitative estimate of drug-likeness (QED) is 0.569. The Hall–Kier alpha value is -2.36. The van der Waals surface area contributed by atoms with Crippen molar-refractivity contribution < 1.29 is 4.79 Å². The number of carbonyl (C=O) groups is 1. The molecule has 0 radical (unpaired) electrons. The third kappa shape index (κ3) is 3.85. The van der Waals surface area contributed by atoms with E-state index >= 15 is 0 Å².